The molecule has 3 amide bonds. The van der Waals surface area contributed by atoms with Crippen LogP contribution in [0.25, 0.3) is 0 Å². The molecule has 1 heterocycles. The van der Waals surface area contributed by atoms with Crippen LogP contribution in [0.2, 0.25) is 0 Å². The van der Waals surface area contributed by atoms with Crippen molar-refractivity contribution < 1.29 is 27.2 Å². The molecule has 166 valence electrons. The summed E-state index contributed by atoms with van der Waals surface area (Å²) in [5, 5.41) is 9.05. The Bertz CT molecular complexity index is 1140. The number of rotatable bonds is 3. The van der Waals surface area contributed by atoms with Crippen molar-refractivity contribution in [1.29, 1.82) is 5.26 Å². The fourth-order valence-electron chi connectivity index (χ4n) is 4.57. The molecule has 2 atom stereocenters. The van der Waals surface area contributed by atoms with Crippen molar-refractivity contribution in [2.24, 2.45) is 5.73 Å². The summed E-state index contributed by atoms with van der Waals surface area (Å²) in [6, 6.07) is 6.94. The Morgan fingerprint density at radius 2 is 1.59 bits per heavy atom. The van der Waals surface area contributed by atoms with Crippen molar-refractivity contribution in [1.82, 2.24) is 0 Å². The van der Waals surface area contributed by atoms with Crippen molar-refractivity contribution >= 4 is 23.3 Å². The number of benzene rings is 2. The molecular formula is C22H18F4N4O2. The number of nitrogens with zero attached hydrogens (tertiary/aromatic N) is 3. The van der Waals surface area contributed by atoms with Gasteiger partial charge in [0, 0.05) is 11.4 Å². The number of hydrogen-bond acceptors (Lipinski definition) is 3. The standard InChI is InChI=1S/C22H18F4N4O2/c23-17-10-14(7-8-15(17)20(28)31)30-19-4-2-1-3-18(19)29(21(30)32)13-6-5-12(11-27)16(9-13)22(24,25)26/h5-10,18-19H,1-4H2,(H2,28,31)/t18-,19-/m1/s1. The normalized spacial score (nSPS) is 20.8. The summed E-state index contributed by atoms with van der Waals surface area (Å²) >= 11 is 0. The Morgan fingerprint density at radius 1 is 1.03 bits per heavy atom. The molecular weight excluding hydrogens is 428 g/mol. The van der Waals surface area contributed by atoms with Crippen LogP contribution in [0.3, 0.4) is 0 Å². The molecule has 1 saturated heterocycles. The van der Waals surface area contributed by atoms with E-state index in [0.717, 1.165) is 31.0 Å². The number of nitriles is 1. The number of carbonyl (C=O) groups is 2. The SMILES string of the molecule is N#Cc1ccc(N2C(=O)N(c3ccc(C(N)=O)c(F)c3)[C@@H]3CCCC[C@H]32)cc1C(F)(F)F. The van der Waals surface area contributed by atoms with Gasteiger partial charge in [0.15, 0.2) is 0 Å². The Balaban J connectivity index is 1.79. The molecule has 0 radical (unpaired) electrons. The van der Waals surface area contributed by atoms with E-state index in [1.807, 2.05) is 0 Å². The third-order valence-electron chi connectivity index (χ3n) is 5.97. The van der Waals surface area contributed by atoms with E-state index in [-0.39, 0.29) is 23.0 Å². The van der Waals surface area contributed by atoms with Crippen molar-refractivity contribution in [3.8, 4) is 6.07 Å². The molecule has 1 aliphatic carbocycles. The molecule has 2 N–H and O–H groups in total. The zero-order valence-corrected chi connectivity index (χ0v) is 16.7. The van der Waals surface area contributed by atoms with Gasteiger partial charge in [0.25, 0.3) is 5.91 Å². The minimum Gasteiger partial charge on any atom is -0.366 e. The molecule has 1 saturated carbocycles. The molecule has 2 aromatic carbocycles. The lowest BCUT2D eigenvalue weighted by molar-refractivity contribution is -0.137. The van der Waals surface area contributed by atoms with Crippen LogP contribution in [0.1, 0.15) is 47.2 Å². The van der Waals surface area contributed by atoms with Gasteiger partial charge >= 0.3 is 12.2 Å². The van der Waals surface area contributed by atoms with Crippen LogP contribution >= 0.6 is 0 Å². The number of halogens is 4. The van der Waals surface area contributed by atoms with Gasteiger partial charge < -0.3 is 5.73 Å². The van der Waals surface area contributed by atoms with E-state index in [1.54, 1.807) is 0 Å². The topological polar surface area (TPSA) is 90.4 Å². The van der Waals surface area contributed by atoms with Crippen LogP contribution in [-0.4, -0.2) is 24.0 Å². The van der Waals surface area contributed by atoms with Gasteiger partial charge in [-0.05, 0) is 49.2 Å². The monoisotopic (exact) mass is 446 g/mol. The summed E-state index contributed by atoms with van der Waals surface area (Å²) < 4.78 is 54.8. The third kappa shape index (κ3) is 3.53. The van der Waals surface area contributed by atoms with E-state index in [1.165, 1.54) is 34.1 Å². The highest BCUT2D eigenvalue weighted by Gasteiger charge is 2.48. The van der Waals surface area contributed by atoms with Crippen LogP contribution in [0, 0.1) is 17.1 Å². The molecule has 6 nitrogen and oxygen atoms in total. The Hall–Kier alpha value is -3.61. The fraction of sp³-hybridized carbons (Fsp3) is 0.318. The van der Waals surface area contributed by atoms with E-state index < -0.39 is 41.1 Å². The summed E-state index contributed by atoms with van der Waals surface area (Å²) in [7, 11) is 0. The van der Waals surface area contributed by atoms with Crippen molar-refractivity contribution in [2.45, 2.75) is 43.9 Å². The van der Waals surface area contributed by atoms with E-state index in [9.17, 15) is 27.2 Å². The molecule has 2 fully saturated rings. The minimum absolute atomic E-state index is 0.0231. The number of primary amides is 1. The second-order valence-electron chi connectivity index (χ2n) is 7.81. The van der Waals surface area contributed by atoms with Crippen LogP contribution in [-0.2, 0) is 6.18 Å². The zero-order valence-electron chi connectivity index (χ0n) is 16.7. The van der Waals surface area contributed by atoms with E-state index >= 15 is 0 Å². The summed E-state index contributed by atoms with van der Waals surface area (Å²) in [5.41, 5.74) is 3.39. The van der Waals surface area contributed by atoms with Gasteiger partial charge in [-0.2, -0.15) is 18.4 Å². The van der Waals surface area contributed by atoms with Gasteiger partial charge in [0.2, 0.25) is 0 Å². The number of amides is 3. The molecule has 32 heavy (non-hydrogen) atoms. The number of urea groups is 1. The van der Waals surface area contributed by atoms with Crippen LogP contribution < -0.4 is 15.5 Å². The number of fused-ring (bicyclic) bond motifs is 1. The number of carbonyl (C=O) groups excluding carboxylic acids is 2. The van der Waals surface area contributed by atoms with Crippen LogP contribution in [0.15, 0.2) is 36.4 Å². The third-order valence-corrected chi connectivity index (χ3v) is 5.97. The first kappa shape index (κ1) is 21.6. The average molecular weight is 446 g/mol. The largest absolute Gasteiger partial charge is 0.417 e. The summed E-state index contributed by atoms with van der Waals surface area (Å²) in [6.07, 6.45) is -2.01. The first-order valence-electron chi connectivity index (χ1n) is 9.96. The zero-order chi connectivity index (χ0) is 23.2. The van der Waals surface area contributed by atoms with E-state index in [2.05, 4.69) is 0 Å². The summed E-state index contributed by atoms with van der Waals surface area (Å²) in [5.74, 6) is -1.83. The lowest BCUT2D eigenvalue weighted by Crippen LogP contribution is -2.40. The predicted molar refractivity (Wildman–Crippen MR) is 107 cm³/mol. The smallest absolute Gasteiger partial charge is 0.366 e. The molecule has 0 aromatic heterocycles. The predicted octanol–water partition coefficient (Wildman–Crippen LogP) is 4.57. The first-order valence-corrected chi connectivity index (χ1v) is 9.96. The Kier molecular flexibility index (Phi) is 5.28. The Morgan fingerprint density at radius 3 is 2.09 bits per heavy atom. The highest BCUT2D eigenvalue weighted by Crippen LogP contribution is 2.42. The highest BCUT2D eigenvalue weighted by atomic mass is 19.4. The Labute approximate surface area is 180 Å². The summed E-state index contributed by atoms with van der Waals surface area (Å²) in [6.45, 7) is 0. The molecule has 2 aromatic rings. The second kappa shape index (κ2) is 7.82. The van der Waals surface area contributed by atoms with Crippen molar-refractivity contribution in [3.05, 3.63) is 58.9 Å². The quantitative estimate of drug-likeness (QED) is 0.700. The maximum absolute atomic E-state index is 14.4. The number of alkyl halides is 3. The van der Waals surface area contributed by atoms with Gasteiger partial charge in [-0.15, -0.1) is 0 Å². The average Bonchev–Trinajstić information content (AvgIpc) is 3.04. The number of anilines is 2. The van der Waals surface area contributed by atoms with Crippen molar-refractivity contribution in [3.63, 3.8) is 0 Å². The summed E-state index contributed by atoms with van der Waals surface area (Å²) in [4.78, 5) is 27.4. The van der Waals surface area contributed by atoms with Gasteiger partial charge in [-0.25, -0.2) is 9.18 Å². The molecule has 4 rings (SSSR count). The van der Waals surface area contributed by atoms with Gasteiger partial charge in [-0.1, -0.05) is 12.8 Å². The molecule has 0 unspecified atom stereocenters. The number of hydrogen-bond donors (Lipinski definition) is 1. The molecule has 0 bridgehead atoms. The van der Waals surface area contributed by atoms with Crippen molar-refractivity contribution in [2.75, 3.05) is 9.80 Å². The van der Waals surface area contributed by atoms with Gasteiger partial charge in [-0.3, -0.25) is 14.6 Å². The lowest BCUT2D eigenvalue weighted by atomic mass is 9.89. The minimum atomic E-state index is -4.76. The molecule has 0 spiro atoms. The number of nitrogens with two attached hydrogens (primary N) is 1. The molecule has 1 aliphatic heterocycles. The first-order chi connectivity index (χ1) is 15.1. The fourth-order valence-corrected chi connectivity index (χ4v) is 4.57. The van der Waals surface area contributed by atoms with E-state index in [0.29, 0.717) is 12.8 Å². The van der Waals surface area contributed by atoms with Gasteiger partial charge in [0.1, 0.15) is 5.82 Å². The maximum Gasteiger partial charge on any atom is 0.417 e. The van der Waals surface area contributed by atoms with Gasteiger partial charge in [0.05, 0.1) is 34.8 Å². The molecule has 2 aliphatic rings. The second-order valence-corrected chi connectivity index (χ2v) is 7.81. The van der Waals surface area contributed by atoms with Crippen LogP contribution in [0.4, 0.5) is 33.7 Å². The molecule has 10 heteroatoms. The highest BCUT2D eigenvalue weighted by molar-refractivity contribution is 6.08. The maximum atomic E-state index is 14.4. The lowest BCUT2D eigenvalue weighted by Gasteiger charge is -2.32. The van der Waals surface area contributed by atoms with Crippen LogP contribution in [0.5, 0.6) is 0 Å². The van der Waals surface area contributed by atoms with E-state index in [4.69, 9.17) is 11.0 Å².